The monoisotopic (exact) mass is 271 g/mol. The van der Waals surface area contributed by atoms with Crippen molar-refractivity contribution in [3.63, 3.8) is 0 Å². The van der Waals surface area contributed by atoms with Gasteiger partial charge in [0.1, 0.15) is 5.75 Å². The standard InChI is InChI=1S/C18H25NO/c1-13(17-12-14-7-8-16(17)11-14)19-10-9-15-5-3-4-6-18(15)20-2/h3-8,13-14,16-17,19H,9-12H2,1-2H3. The zero-order valence-corrected chi connectivity index (χ0v) is 12.5. The van der Waals surface area contributed by atoms with Crippen molar-refractivity contribution in [1.29, 1.82) is 0 Å². The van der Waals surface area contributed by atoms with Gasteiger partial charge in [0.15, 0.2) is 0 Å². The highest BCUT2D eigenvalue weighted by Gasteiger charge is 2.38. The molecule has 108 valence electrons. The minimum absolute atomic E-state index is 0.615. The van der Waals surface area contributed by atoms with Crippen LogP contribution in [0.5, 0.6) is 5.75 Å². The summed E-state index contributed by atoms with van der Waals surface area (Å²) in [4.78, 5) is 0. The third-order valence-electron chi connectivity index (χ3n) is 5.03. The van der Waals surface area contributed by atoms with Crippen molar-refractivity contribution in [2.75, 3.05) is 13.7 Å². The van der Waals surface area contributed by atoms with Crippen LogP contribution in [-0.2, 0) is 6.42 Å². The zero-order chi connectivity index (χ0) is 13.9. The van der Waals surface area contributed by atoms with Gasteiger partial charge in [-0.1, -0.05) is 30.4 Å². The lowest BCUT2D eigenvalue weighted by Crippen LogP contribution is -2.36. The molecule has 0 aliphatic heterocycles. The maximum atomic E-state index is 5.41. The molecule has 0 heterocycles. The lowest BCUT2D eigenvalue weighted by atomic mass is 9.87. The Balaban J connectivity index is 1.49. The molecule has 0 radical (unpaired) electrons. The van der Waals surface area contributed by atoms with Gasteiger partial charge in [-0.25, -0.2) is 0 Å². The lowest BCUT2D eigenvalue weighted by Gasteiger charge is -2.26. The molecule has 1 saturated carbocycles. The number of fused-ring (bicyclic) bond motifs is 2. The summed E-state index contributed by atoms with van der Waals surface area (Å²) < 4.78 is 5.41. The highest BCUT2D eigenvalue weighted by molar-refractivity contribution is 5.33. The largest absolute Gasteiger partial charge is 0.496 e. The summed E-state index contributed by atoms with van der Waals surface area (Å²) in [5.41, 5.74) is 1.29. The van der Waals surface area contributed by atoms with Gasteiger partial charge >= 0.3 is 0 Å². The molecule has 20 heavy (non-hydrogen) atoms. The van der Waals surface area contributed by atoms with E-state index in [1.54, 1.807) is 7.11 Å². The van der Waals surface area contributed by atoms with Crippen molar-refractivity contribution in [1.82, 2.24) is 5.32 Å². The van der Waals surface area contributed by atoms with Gasteiger partial charge in [0.05, 0.1) is 7.11 Å². The smallest absolute Gasteiger partial charge is 0.122 e. The molecule has 0 spiro atoms. The van der Waals surface area contributed by atoms with Crippen LogP contribution in [0.15, 0.2) is 36.4 Å². The van der Waals surface area contributed by atoms with Crippen molar-refractivity contribution in [3.05, 3.63) is 42.0 Å². The van der Waals surface area contributed by atoms with Gasteiger partial charge in [-0.2, -0.15) is 0 Å². The second-order valence-electron chi connectivity index (χ2n) is 6.25. The van der Waals surface area contributed by atoms with E-state index in [0.29, 0.717) is 6.04 Å². The van der Waals surface area contributed by atoms with E-state index in [0.717, 1.165) is 36.5 Å². The molecule has 2 nitrogen and oxygen atoms in total. The molecule has 1 aromatic carbocycles. The molecule has 1 fully saturated rings. The third kappa shape index (κ3) is 2.76. The Kier molecular flexibility index (Phi) is 4.11. The van der Waals surface area contributed by atoms with Crippen LogP contribution in [0.4, 0.5) is 0 Å². The summed E-state index contributed by atoms with van der Waals surface area (Å²) in [6, 6.07) is 8.93. The first-order chi connectivity index (χ1) is 9.78. The van der Waals surface area contributed by atoms with E-state index < -0.39 is 0 Å². The number of para-hydroxylation sites is 1. The van der Waals surface area contributed by atoms with Crippen LogP contribution < -0.4 is 10.1 Å². The molecule has 2 aliphatic rings. The van der Waals surface area contributed by atoms with Crippen LogP contribution in [-0.4, -0.2) is 19.7 Å². The number of hydrogen-bond donors (Lipinski definition) is 1. The fraction of sp³-hybridized carbons (Fsp3) is 0.556. The zero-order valence-electron chi connectivity index (χ0n) is 12.5. The lowest BCUT2D eigenvalue weighted by molar-refractivity contribution is 0.328. The van der Waals surface area contributed by atoms with Crippen LogP contribution in [0.3, 0.4) is 0 Å². The fourth-order valence-electron chi connectivity index (χ4n) is 3.89. The van der Waals surface area contributed by atoms with Crippen molar-refractivity contribution in [2.24, 2.45) is 17.8 Å². The Bertz CT molecular complexity index is 482. The number of hydrogen-bond acceptors (Lipinski definition) is 2. The predicted octanol–water partition coefficient (Wildman–Crippen LogP) is 3.43. The molecule has 4 atom stereocenters. The summed E-state index contributed by atoms with van der Waals surface area (Å²) in [5, 5.41) is 3.72. The summed E-state index contributed by atoms with van der Waals surface area (Å²) in [6.07, 6.45) is 8.66. The Morgan fingerprint density at radius 1 is 1.25 bits per heavy atom. The van der Waals surface area contributed by atoms with Crippen LogP contribution >= 0.6 is 0 Å². The first-order valence-electron chi connectivity index (χ1n) is 7.81. The van der Waals surface area contributed by atoms with Gasteiger partial charge in [0.2, 0.25) is 0 Å². The minimum atomic E-state index is 0.615. The Labute approximate surface area is 122 Å². The Hall–Kier alpha value is -1.28. The van der Waals surface area contributed by atoms with E-state index >= 15 is 0 Å². The molecule has 2 aliphatic carbocycles. The second-order valence-corrected chi connectivity index (χ2v) is 6.25. The SMILES string of the molecule is COc1ccccc1CCNC(C)C1CC2C=CC1C2. The Morgan fingerprint density at radius 3 is 2.80 bits per heavy atom. The van der Waals surface area contributed by atoms with Crippen LogP contribution in [0, 0.1) is 17.8 Å². The van der Waals surface area contributed by atoms with Crippen LogP contribution in [0.25, 0.3) is 0 Å². The maximum absolute atomic E-state index is 5.41. The number of methoxy groups -OCH3 is 1. The van der Waals surface area contributed by atoms with Crippen molar-refractivity contribution in [2.45, 2.75) is 32.2 Å². The molecule has 2 bridgehead atoms. The number of benzene rings is 1. The molecule has 3 rings (SSSR count). The summed E-state index contributed by atoms with van der Waals surface area (Å²) >= 11 is 0. The predicted molar refractivity (Wildman–Crippen MR) is 83.0 cm³/mol. The molecule has 0 aromatic heterocycles. The third-order valence-corrected chi connectivity index (χ3v) is 5.03. The summed E-state index contributed by atoms with van der Waals surface area (Å²) in [6.45, 7) is 3.38. The Morgan fingerprint density at radius 2 is 2.10 bits per heavy atom. The molecule has 0 saturated heterocycles. The fourth-order valence-corrected chi connectivity index (χ4v) is 3.89. The van der Waals surface area contributed by atoms with Crippen molar-refractivity contribution >= 4 is 0 Å². The van der Waals surface area contributed by atoms with Gasteiger partial charge in [0.25, 0.3) is 0 Å². The molecule has 1 N–H and O–H groups in total. The van der Waals surface area contributed by atoms with E-state index in [1.807, 2.05) is 12.1 Å². The molecule has 0 amide bonds. The van der Waals surface area contributed by atoms with Crippen LogP contribution in [0.2, 0.25) is 0 Å². The van der Waals surface area contributed by atoms with E-state index in [4.69, 9.17) is 4.74 Å². The maximum Gasteiger partial charge on any atom is 0.122 e. The summed E-state index contributed by atoms with van der Waals surface area (Å²) in [7, 11) is 1.75. The number of rotatable bonds is 6. The highest BCUT2D eigenvalue weighted by atomic mass is 16.5. The minimum Gasteiger partial charge on any atom is -0.496 e. The summed E-state index contributed by atoms with van der Waals surface area (Å²) in [5.74, 6) is 3.53. The van der Waals surface area contributed by atoms with Crippen LogP contribution in [0.1, 0.15) is 25.3 Å². The second kappa shape index (κ2) is 6.01. The van der Waals surface area contributed by atoms with E-state index in [-0.39, 0.29) is 0 Å². The van der Waals surface area contributed by atoms with Gasteiger partial charge in [-0.3, -0.25) is 0 Å². The average Bonchev–Trinajstić information content (AvgIpc) is 3.10. The van der Waals surface area contributed by atoms with Gasteiger partial charge in [0, 0.05) is 6.04 Å². The molecular formula is C18H25NO. The topological polar surface area (TPSA) is 21.3 Å². The van der Waals surface area contributed by atoms with Gasteiger partial charge in [-0.15, -0.1) is 0 Å². The first kappa shape index (κ1) is 13.7. The highest BCUT2D eigenvalue weighted by Crippen LogP contribution is 2.44. The van der Waals surface area contributed by atoms with E-state index in [2.05, 4.69) is 36.5 Å². The van der Waals surface area contributed by atoms with Crippen molar-refractivity contribution < 1.29 is 4.74 Å². The number of nitrogens with one attached hydrogen (secondary N) is 1. The quantitative estimate of drug-likeness (QED) is 0.800. The average molecular weight is 271 g/mol. The first-order valence-corrected chi connectivity index (χ1v) is 7.81. The van der Waals surface area contributed by atoms with Crippen molar-refractivity contribution in [3.8, 4) is 5.75 Å². The van der Waals surface area contributed by atoms with Gasteiger partial charge in [-0.05, 0) is 62.1 Å². The number of allylic oxidation sites excluding steroid dienone is 2. The molecular weight excluding hydrogens is 246 g/mol. The molecule has 1 aromatic rings. The van der Waals surface area contributed by atoms with Gasteiger partial charge < -0.3 is 10.1 Å². The van der Waals surface area contributed by atoms with E-state index in [1.165, 1.54) is 18.4 Å². The van der Waals surface area contributed by atoms with E-state index in [9.17, 15) is 0 Å². The molecule has 4 unspecified atom stereocenters. The molecule has 2 heteroatoms. The number of ether oxygens (including phenoxy) is 1. The normalized spacial score (nSPS) is 28.8.